The maximum atomic E-state index is 11.6. The van der Waals surface area contributed by atoms with Gasteiger partial charge in [0.1, 0.15) is 0 Å². The van der Waals surface area contributed by atoms with Crippen LogP contribution in [0.3, 0.4) is 0 Å². The smallest absolute Gasteiger partial charge is 0.294 e. The average molecular weight is 163 g/mol. The number of nitrogens with one attached hydrogen (secondary N) is 1. The van der Waals surface area contributed by atoms with Crippen molar-refractivity contribution in [3.05, 3.63) is 0 Å². The lowest BCUT2D eigenvalue weighted by Gasteiger charge is -2.08. The lowest BCUT2D eigenvalue weighted by Crippen LogP contribution is -2.39. The van der Waals surface area contributed by atoms with Gasteiger partial charge in [-0.2, -0.15) is 13.5 Å². The van der Waals surface area contributed by atoms with Gasteiger partial charge in [-0.1, -0.05) is 0 Å². The highest BCUT2D eigenvalue weighted by molar-refractivity contribution is 7.77. The summed E-state index contributed by atoms with van der Waals surface area (Å²) in [6.45, 7) is -2.00. The van der Waals surface area contributed by atoms with E-state index in [0.717, 1.165) is 4.72 Å². The maximum Gasteiger partial charge on any atom is 0.342 e. The standard InChI is InChI=1S/C2H4F3NO2S/c3-1-2(4,5)6-9(7)8/h6H,1H2,(H,7,8). The van der Waals surface area contributed by atoms with Crippen molar-refractivity contribution in [2.75, 3.05) is 6.67 Å². The molecular formula is C2H4F3NO2S. The molecule has 0 fully saturated rings. The zero-order chi connectivity index (χ0) is 7.49. The number of hydrogen-bond donors (Lipinski definition) is 2. The first kappa shape index (κ1) is 8.86. The molecule has 0 radical (unpaired) electrons. The molecule has 0 amide bonds. The Hall–Kier alpha value is -0.140. The lowest BCUT2D eigenvalue weighted by molar-refractivity contribution is -0.0333. The van der Waals surface area contributed by atoms with E-state index in [1.54, 1.807) is 0 Å². The second kappa shape index (κ2) is 3.14. The maximum absolute atomic E-state index is 11.6. The molecule has 0 bridgehead atoms. The second-order valence-electron chi connectivity index (χ2n) is 1.19. The summed E-state index contributed by atoms with van der Waals surface area (Å²) in [7, 11) is 0. The van der Waals surface area contributed by atoms with Crippen LogP contribution in [0.25, 0.3) is 0 Å². The van der Waals surface area contributed by atoms with Crippen LogP contribution >= 0.6 is 0 Å². The van der Waals surface area contributed by atoms with Crippen molar-refractivity contribution < 1.29 is 21.9 Å². The monoisotopic (exact) mass is 163 g/mol. The Morgan fingerprint density at radius 1 is 1.67 bits per heavy atom. The number of rotatable bonds is 3. The molecule has 2 N–H and O–H groups in total. The molecule has 0 spiro atoms. The number of halogens is 3. The Labute approximate surface area is 51.7 Å². The van der Waals surface area contributed by atoms with Crippen molar-refractivity contribution in [3.63, 3.8) is 0 Å². The summed E-state index contributed by atoms with van der Waals surface area (Å²) < 4.78 is 52.3. The Balaban J connectivity index is 3.71. The SMILES string of the molecule is O=S(O)NC(F)(F)CF. The zero-order valence-corrected chi connectivity index (χ0v) is 4.92. The summed E-state index contributed by atoms with van der Waals surface area (Å²) in [5.74, 6) is 0. The molecule has 56 valence electrons. The minimum atomic E-state index is -3.90. The van der Waals surface area contributed by atoms with Crippen LogP contribution in [0.15, 0.2) is 0 Å². The number of hydrogen-bond acceptors (Lipinski definition) is 1. The van der Waals surface area contributed by atoms with Crippen LogP contribution in [0, 0.1) is 0 Å². The van der Waals surface area contributed by atoms with E-state index in [1.807, 2.05) is 0 Å². The summed E-state index contributed by atoms with van der Waals surface area (Å²) in [5, 5.41) is 0. The minimum absolute atomic E-state index is 0.788. The fourth-order valence-corrected chi connectivity index (χ4v) is 0.465. The lowest BCUT2D eigenvalue weighted by atomic mass is 10.7. The van der Waals surface area contributed by atoms with E-state index >= 15 is 0 Å². The molecule has 1 unspecified atom stereocenters. The van der Waals surface area contributed by atoms with Gasteiger partial charge in [0.25, 0.3) is 0 Å². The highest BCUT2D eigenvalue weighted by Crippen LogP contribution is 2.08. The Morgan fingerprint density at radius 2 is 2.11 bits per heavy atom. The Bertz CT molecular complexity index is 118. The van der Waals surface area contributed by atoms with Gasteiger partial charge in [0, 0.05) is 0 Å². The van der Waals surface area contributed by atoms with Crippen molar-refractivity contribution in [1.29, 1.82) is 0 Å². The quantitative estimate of drug-likeness (QED) is 0.463. The summed E-state index contributed by atoms with van der Waals surface area (Å²) >= 11 is -2.87. The van der Waals surface area contributed by atoms with Gasteiger partial charge in [-0.3, -0.25) is 4.55 Å². The van der Waals surface area contributed by atoms with Crippen molar-refractivity contribution in [1.82, 2.24) is 4.72 Å². The molecule has 0 aliphatic rings. The summed E-state index contributed by atoms with van der Waals surface area (Å²) in [4.78, 5) is 0. The van der Waals surface area contributed by atoms with Crippen molar-refractivity contribution in [2.45, 2.75) is 6.05 Å². The predicted octanol–water partition coefficient (Wildman–Crippen LogP) is 0.275. The molecule has 0 aromatic heterocycles. The summed E-state index contributed by atoms with van der Waals surface area (Å²) in [6.07, 6.45) is 0. The van der Waals surface area contributed by atoms with Crippen LogP contribution in [0.1, 0.15) is 0 Å². The molecule has 0 rings (SSSR count). The fourth-order valence-electron chi connectivity index (χ4n) is 0.155. The Kier molecular flexibility index (Phi) is 3.09. The first-order valence-corrected chi connectivity index (χ1v) is 2.91. The molecule has 0 aromatic carbocycles. The molecule has 0 aliphatic carbocycles. The van der Waals surface area contributed by atoms with Gasteiger partial charge in [-0.15, -0.1) is 0 Å². The van der Waals surface area contributed by atoms with Crippen LogP contribution in [0.4, 0.5) is 13.2 Å². The molecule has 0 heterocycles. The van der Waals surface area contributed by atoms with Gasteiger partial charge in [0.15, 0.2) is 6.67 Å². The van der Waals surface area contributed by atoms with Gasteiger partial charge in [0.2, 0.25) is 11.3 Å². The van der Waals surface area contributed by atoms with E-state index < -0.39 is 24.0 Å². The van der Waals surface area contributed by atoms with Gasteiger partial charge in [-0.25, -0.2) is 8.60 Å². The molecule has 0 aliphatic heterocycles. The first-order valence-electron chi connectivity index (χ1n) is 1.80. The Morgan fingerprint density at radius 3 is 2.22 bits per heavy atom. The van der Waals surface area contributed by atoms with Crippen LogP contribution < -0.4 is 4.72 Å². The molecule has 7 heteroatoms. The third-order valence-electron chi connectivity index (χ3n) is 0.404. The molecule has 9 heavy (non-hydrogen) atoms. The third kappa shape index (κ3) is 4.37. The van der Waals surface area contributed by atoms with Crippen molar-refractivity contribution in [3.8, 4) is 0 Å². The molecule has 0 saturated carbocycles. The number of alkyl halides is 3. The van der Waals surface area contributed by atoms with E-state index in [1.165, 1.54) is 0 Å². The van der Waals surface area contributed by atoms with Gasteiger partial charge < -0.3 is 0 Å². The van der Waals surface area contributed by atoms with E-state index in [0.29, 0.717) is 0 Å². The molecule has 0 aromatic rings. The topological polar surface area (TPSA) is 49.3 Å². The van der Waals surface area contributed by atoms with Gasteiger partial charge in [-0.05, 0) is 0 Å². The molecule has 3 nitrogen and oxygen atoms in total. The van der Waals surface area contributed by atoms with Crippen LogP contribution in [0.5, 0.6) is 0 Å². The van der Waals surface area contributed by atoms with E-state index in [9.17, 15) is 17.4 Å². The van der Waals surface area contributed by atoms with E-state index in [2.05, 4.69) is 0 Å². The van der Waals surface area contributed by atoms with Crippen LogP contribution in [0.2, 0.25) is 0 Å². The molecular weight excluding hydrogens is 159 g/mol. The third-order valence-corrected chi connectivity index (χ3v) is 0.878. The highest BCUT2D eigenvalue weighted by Gasteiger charge is 2.30. The van der Waals surface area contributed by atoms with Gasteiger partial charge >= 0.3 is 6.05 Å². The predicted molar refractivity (Wildman–Crippen MR) is 24.8 cm³/mol. The summed E-state index contributed by atoms with van der Waals surface area (Å²) in [6, 6.07) is -3.90. The van der Waals surface area contributed by atoms with Crippen LogP contribution in [-0.2, 0) is 11.3 Å². The van der Waals surface area contributed by atoms with Crippen LogP contribution in [-0.4, -0.2) is 21.5 Å². The van der Waals surface area contributed by atoms with Crippen molar-refractivity contribution >= 4 is 11.3 Å². The van der Waals surface area contributed by atoms with Crippen molar-refractivity contribution in [2.24, 2.45) is 0 Å². The average Bonchev–Trinajstić information content (AvgIpc) is 1.63. The summed E-state index contributed by atoms with van der Waals surface area (Å²) in [5.41, 5.74) is 0. The highest BCUT2D eigenvalue weighted by atomic mass is 32.2. The minimum Gasteiger partial charge on any atom is -0.294 e. The normalized spacial score (nSPS) is 15.6. The second-order valence-corrected chi connectivity index (χ2v) is 1.89. The first-order chi connectivity index (χ1) is 3.98. The largest absolute Gasteiger partial charge is 0.342 e. The fraction of sp³-hybridized carbons (Fsp3) is 1.00. The van der Waals surface area contributed by atoms with Gasteiger partial charge in [0.05, 0.1) is 0 Å². The van der Waals surface area contributed by atoms with E-state index in [4.69, 9.17) is 4.55 Å². The van der Waals surface area contributed by atoms with E-state index in [-0.39, 0.29) is 0 Å². The zero-order valence-electron chi connectivity index (χ0n) is 4.10. The molecule has 0 saturated heterocycles. The molecule has 1 atom stereocenters.